The summed E-state index contributed by atoms with van der Waals surface area (Å²) in [5.41, 5.74) is 0.266. The molecule has 0 aliphatic carbocycles. The number of rotatable bonds is 8. The molecule has 8 nitrogen and oxygen atoms in total. The molecule has 1 N–H and O–H groups in total. The van der Waals surface area contributed by atoms with Crippen LogP contribution in [0.1, 0.15) is 13.3 Å². The standard InChI is InChI=1S/C25H28N2O6S/c1-3-23(33-20-9-8-18-6-4-5-7-19(18)16-20)25(28)26-22-17-21(10-11-24(22)31-2)34(29,30)27-12-14-32-15-13-27/h4-11,16-17,23H,3,12-15H2,1-2H3,(H,26,28)/t23-/m1/s1. The lowest BCUT2D eigenvalue weighted by Crippen LogP contribution is -2.40. The number of hydrogen-bond acceptors (Lipinski definition) is 6. The zero-order valence-corrected chi connectivity index (χ0v) is 20.0. The molecule has 0 spiro atoms. The molecular weight excluding hydrogens is 456 g/mol. The largest absolute Gasteiger partial charge is 0.495 e. The molecule has 0 aromatic heterocycles. The molecule has 0 bridgehead atoms. The quantitative estimate of drug-likeness (QED) is 0.524. The van der Waals surface area contributed by atoms with Gasteiger partial charge in [-0.15, -0.1) is 0 Å². The van der Waals surface area contributed by atoms with Crippen molar-refractivity contribution in [2.75, 3.05) is 38.7 Å². The van der Waals surface area contributed by atoms with Crippen molar-refractivity contribution < 1.29 is 27.4 Å². The Balaban J connectivity index is 1.54. The summed E-state index contributed by atoms with van der Waals surface area (Å²) in [5, 5.41) is 4.88. The lowest BCUT2D eigenvalue weighted by Gasteiger charge is -2.26. The SMILES string of the molecule is CC[C@@H](Oc1ccc2ccccc2c1)C(=O)Nc1cc(S(=O)(=O)N2CCOCC2)ccc1OC. The Morgan fingerprint density at radius 2 is 1.79 bits per heavy atom. The van der Waals surface area contributed by atoms with Gasteiger partial charge < -0.3 is 19.5 Å². The Morgan fingerprint density at radius 3 is 2.50 bits per heavy atom. The Kier molecular flexibility index (Phi) is 7.35. The van der Waals surface area contributed by atoms with Gasteiger partial charge in [-0.2, -0.15) is 4.31 Å². The number of nitrogens with zero attached hydrogens (tertiary/aromatic N) is 1. The predicted molar refractivity (Wildman–Crippen MR) is 130 cm³/mol. The third kappa shape index (κ3) is 5.16. The maximum absolute atomic E-state index is 13.1. The van der Waals surface area contributed by atoms with Gasteiger partial charge in [0.1, 0.15) is 11.5 Å². The fourth-order valence-electron chi connectivity index (χ4n) is 3.82. The summed E-state index contributed by atoms with van der Waals surface area (Å²) in [6, 6.07) is 18.0. The molecule has 1 fully saturated rings. The van der Waals surface area contributed by atoms with Gasteiger partial charge in [-0.1, -0.05) is 37.3 Å². The lowest BCUT2D eigenvalue weighted by molar-refractivity contribution is -0.122. The highest BCUT2D eigenvalue weighted by Gasteiger charge is 2.28. The van der Waals surface area contributed by atoms with Crippen molar-refractivity contribution in [3.8, 4) is 11.5 Å². The average molecular weight is 485 g/mol. The van der Waals surface area contributed by atoms with Crippen LogP contribution in [-0.4, -0.2) is 58.1 Å². The van der Waals surface area contributed by atoms with E-state index in [9.17, 15) is 13.2 Å². The van der Waals surface area contributed by atoms with Crippen LogP contribution >= 0.6 is 0 Å². The van der Waals surface area contributed by atoms with Gasteiger partial charge in [0.15, 0.2) is 6.10 Å². The second kappa shape index (κ2) is 10.4. The minimum absolute atomic E-state index is 0.0778. The van der Waals surface area contributed by atoms with E-state index in [2.05, 4.69) is 5.32 Å². The van der Waals surface area contributed by atoms with Crippen LogP contribution in [0.4, 0.5) is 5.69 Å². The van der Waals surface area contributed by atoms with E-state index in [1.165, 1.54) is 29.6 Å². The highest BCUT2D eigenvalue weighted by molar-refractivity contribution is 7.89. The molecule has 1 saturated heterocycles. The summed E-state index contributed by atoms with van der Waals surface area (Å²) in [4.78, 5) is 13.2. The molecule has 0 saturated carbocycles. The van der Waals surface area contributed by atoms with Crippen molar-refractivity contribution in [2.24, 2.45) is 0 Å². The number of sulfonamides is 1. The molecule has 34 heavy (non-hydrogen) atoms. The summed E-state index contributed by atoms with van der Waals surface area (Å²) < 4.78 is 44.1. The molecule has 1 aliphatic heterocycles. The molecule has 0 unspecified atom stereocenters. The lowest BCUT2D eigenvalue weighted by atomic mass is 10.1. The van der Waals surface area contributed by atoms with Crippen molar-refractivity contribution >= 4 is 32.4 Å². The molecule has 4 rings (SSSR count). The fourth-order valence-corrected chi connectivity index (χ4v) is 5.26. The van der Waals surface area contributed by atoms with Crippen LogP contribution in [0.5, 0.6) is 11.5 Å². The van der Waals surface area contributed by atoms with Gasteiger partial charge >= 0.3 is 0 Å². The van der Waals surface area contributed by atoms with Gasteiger partial charge in [-0.25, -0.2) is 8.42 Å². The zero-order chi connectivity index (χ0) is 24.1. The molecule has 1 atom stereocenters. The van der Waals surface area contributed by atoms with E-state index in [1.54, 1.807) is 0 Å². The number of carbonyl (C=O) groups is 1. The molecule has 3 aromatic rings. The first-order valence-corrected chi connectivity index (χ1v) is 12.6. The Bertz CT molecular complexity index is 1270. The Hall–Kier alpha value is -3.14. The van der Waals surface area contributed by atoms with E-state index in [0.29, 0.717) is 31.1 Å². The van der Waals surface area contributed by atoms with Crippen LogP contribution in [0.3, 0.4) is 0 Å². The van der Waals surface area contributed by atoms with E-state index in [1.807, 2.05) is 49.4 Å². The minimum Gasteiger partial charge on any atom is -0.495 e. The van der Waals surface area contributed by atoms with Crippen LogP contribution in [0.25, 0.3) is 10.8 Å². The van der Waals surface area contributed by atoms with Crippen molar-refractivity contribution in [3.05, 3.63) is 60.7 Å². The molecular formula is C25H28N2O6S. The first kappa shape index (κ1) is 24.0. The zero-order valence-electron chi connectivity index (χ0n) is 19.2. The number of anilines is 1. The summed E-state index contributed by atoms with van der Waals surface area (Å²) in [6.07, 6.45) is -0.349. The molecule has 0 radical (unpaired) electrons. The Labute approximate surface area is 199 Å². The van der Waals surface area contributed by atoms with Crippen LogP contribution in [-0.2, 0) is 19.6 Å². The normalized spacial score (nSPS) is 15.6. The maximum atomic E-state index is 13.1. The third-order valence-corrected chi connectivity index (χ3v) is 7.59. The van der Waals surface area contributed by atoms with Crippen molar-refractivity contribution in [3.63, 3.8) is 0 Å². The maximum Gasteiger partial charge on any atom is 0.265 e. The fraction of sp³-hybridized carbons (Fsp3) is 0.320. The van der Waals surface area contributed by atoms with E-state index >= 15 is 0 Å². The summed E-state index contributed by atoms with van der Waals surface area (Å²) in [7, 11) is -2.26. The van der Waals surface area contributed by atoms with E-state index in [-0.39, 0.29) is 23.7 Å². The summed E-state index contributed by atoms with van der Waals surface area (Å²) in [6.45, 7) is 3.12. The molecule has 3 aromatic carbocycles. The molecule has 180 valence electrons. The number of amides is 1. The smallest absolute Gasteiger partial charge is 0.265 e. The van der Waals surface area contributed by atoms with E-state index in [4.69, 9.17) is 14.2 Å². The molecule has 1 aliphatic rings. The minimum atomic E-state index is -3.73. The first-order chi connectivity index (χ1) is 16.4. The summed E-state index contributed by atoms with van der Waals surface area (Å²) in [5.74, 6) is 0.543. The number of fused-ring (bicyclic) bond motifs is 1. The van der Waals surface area contributed by atoms with Crippen molar-refractivity contribution in [2.45, 2.75) is 24.3 Å². The second-order valence-corrected chi connectivity index (χ2v) is 9.83. The number of ether oxygens (including phenoxy) is 3. The predicted octanol–water partition coefficient (Wildman–Crippen LogP) is 3.67. The highest BCUT2D eigenvalue weighted by Crippen LogP contribution is 2.30. The number of carbonyl (C=O) groups excluding carboxylic acids is 1. The molecule has 1 amide bonds. The van der Waals surface area contributed by atoms with Crippen LogP contribution in [0, 0.1) is 0 Å². The number of hydrogen-bond donors (Lipinski definition) is 1. The Morgan fingerprint density at radius 1 is 1.06 bits per heavy atom. The highest BCUT2D eigenvalue weighted by atomic mass is 32.2. The van der Waals surface area contributed by atoms with Crippen molar-refractivity contribution in [1.82, 2.24) is 4.31 Å². The van der Waals surface area contributed by atoms with Gasteiger partial charge in [-0.05, 0) is 47.5 Å². The van der Waals surface area contributed by atoms with E-state index < -0.39 is 22.0 Å². The van der Waals surface area contributed by atoms with Crippen LogP contribution in [0.15, 0.2) is 65.6 Å². The average Bonchev–Trinajstić information content (AvgIpc) is 2.87. The van der Waals surface area contributed by atoms with Crippen LogP contribution < -0.4 is 14.8 Å². The van der Waals surface area contributed by atoms with Crippen LogP contribution in [0.2, 0.25) is 0 Å². The van der Waals surface area contributed by atoms with E-state index in [0.717, 1.165) is 10.8 Å². The molecule has 1 heterocycles. The number of nitrogens with one attached hydrogen (secondary N) is 1. The number of benzene rings is 3. The summed E-state index contributed by atoms with van der Waals surface area (Å²) >= 11 is 0. The van der Waals surface area contributed by atoms with Gasteiger partial charge in [-0.3, -0.25) is 4.79 Å². The van der Waals surface area contributed by atoms with Gasteiger partial charge in [0, 0.05) is 13.1 Å². The first-order valence-electron chi connectivity index (χ1n) is 11.1. The van der Waals surface area contributed by atoms with Gasteiger partial charge in [0.05, 0.1) is 30.9 Å². The van der Waals surface area contributed by atoms with Gasteiger partial charge in [0.2, 0.25) is 10.0 Å². The molecule has 9 heteroatoms. The van der Waals surface area contributed by atoms with Gasteiger partial charge in [0.25, 0.3) is 5.91 Å². The second-order valence-electron chi connectivity index (χ2n) is 7.89. The van der Waals surface area contributed by atoms with Crippen molar-refractivity contribution in [1.29, 1.82) is 0 Å². The number of methoxy groups -OCH3 is 1. The monoisotopic (exact) mass is 484 g/mol. The number of morpholine rings is 1. The third-order valence-electron chi connectivity index (χ3n) is 5.70. The topological polar surface area (TPSA) is 94.2 Å².